The highest BCUT2D eigenvalue weighted by molar-refractivity contribution is 5.30. The molecule has 84 valence electrons. The zero-order chi connectivity index (χ0) is 11.3. The minimum absolute atomic E-state index is 0.116. The van der Waals surface area contributed by atoms with Crippen LogP contribution >= 0.6 is 0 Å². The average Bonchev–Trinajstić information content (AvgIpc) is 2.17. The number of hydrogen-bond acceptors (Lipinski definition) is 2. The Morgan fingerprint density at radius 3 is 2.67 bits per heavy atom. The standard InChI is InChI=1S/C13H21NO/c1-4-15-12-7-5-6-11(9-12)13(14)8-10(2)3/h5-7,9-10,13H,4,8,14H2,1-3H3/t13-/m0/s1. The van der Waals surface area contributed by atoms with E-state index in [0.29, 0.717) is 12.5 Å². The molecule has 0 aromatic heterocycles. The minimum atomic E-state index is 0.116. The monoisotopic (exact) mass is 207 g/mol. The molecule has 2 heteroatoms. The quantitative estimate of drug-likeness (QED) is 0.805. The van der Waals surface area contributed by atoms with Crippen molar-refractivity contribution in [3.05, 3.63) is 29.8 Å². The third-order valence-electron chi connectivity index (χ3n) is 2.32. The lowest BCUT2D eigenvalue weighted by atomic mass is 9.98. The number of hydrogen-bond donors (Lipinski definition) is 1. The number of ether oxygens (including phenoxy) is 1. The van der Waals surface area contributed by atoms with E-state index in [2.05, 4.69) is 19.9 Å². The van der Waals surface area contributed by atoms with Crippen molar-refractivity contribution in [3.8, 4) is 5.75 Å². The van der Waals surface area contributed by atoms with Gasteiger partial charge in [0.15, 0.2) is 0 Å². The van der Waals surface area contributed by atoms with Gasteiger partial charge in [-0.05, 0) is 37.0 Å². The van der Waals surface area contributed by atoms with Crippen molar-refractivity contribution in [1.29, 1.82) is 0 Å². The highest BCUT2D eigenvalue weighted by atomic mass is 16.5. The van der Waals surface area contributed by atoms with Gasteiger partial charge in [-0.2, -0.15) is 0 Å². The predicted octanol–water partition coefficient (Wildman–Crippen LogP) is 3.13. The SMILES string of the molecule is CCOc1cccc([C@@H](N)CC(C)C)c1. The Kier molecular flexibility index (Phi) is 4.63. The van der Waals surface area contributed by atoms with E-state index >= 15 is 0 Å². The molecule has 0 radical (unpaired) electrons. The van der Waals surface area contributed by atoms with E-state index in [0.717, 1.165) is 17.7 Å². The first-order valence-corrected chi connectivity index (χ1v) is 5.61. The Balaban J connectivity index is 2.71. The molecule has 2 N–H and O–H groups in total. The van der Waals surface area contributed by atoms with Crippen molar-refractivity contribution in [2.45, 2.75) is 33.2 Å². The Morgan fingerprint density at radius 2 is 2.07 bits per heavy atom. The van der Waals surface area contributed by atoms with Gasteiger partial charge < -0.3 is 10.5 Å². The number of rotatable bonds is 5. The van der Waals surface area contributed by atoms with Crippen molar-refractivity contribution in [3.63, 3.8) is 0 Å². The molecule has 0 fully saturated rings. The van der Waals surface area contributed by atoms with E-state index in [-0.39, 0.29) is 6.04 Å². The smallest absolute Gasteiger partial charge is 0.119 e. The van der Waals surface area contributed by atoms with Crippen LogP contribution in [-0.4, -0.2) is 6.61 Å². The molecular weight excluding hydrogens is 186 g/mol. The minimum Gasteiger partial charge on any atom is -0.494 e. The van der Waals surface area contributed by atoms with Gasteiger partial charge in [0.1, 0.15) is 5.75 Å². The maximum Gasteiger partial charge on any atom is 0.119 e. The molecule has 1 aromatic rings. The van der Waals surface area contributed by atoms with Crippen LogP contribution in [0, 0.1) is 5.92 Å². The summed E-state index contributed by atoms with van der Waals surface area (Å²) in [5.41, 5.74) is 7.27. The first-order valence-electron chi connectivity index (χ1n) is 5.61. The Bertz CT molecular complexity index is 296. The Morgan fingerprint density at radius 1 is 1.33 bits per heavy atom. The Hall–Kier alpha value is -1.02. The lowest BCUT2D eigenvalue weighted by Crippen LogP contribution is -2.12. The van der Waals surface area contributed by atoms with E-state index in [1.807, 2.05) is 25.1 Å². The molecule has 0 spiro atoms. The summed E-state index contributed by atoms with van der Waals surface area (Å²) in [7, 11) is 0. The van der Waals surface area contributed by atoms with Crippen LogP contribution in [-0.2, 0) is 0 Å². The van der Waals surface area contributed by atoms with Crippen molar-refractivity contribution in [2.24, 2.45) is 11.7 Å². The molecule has 1 atom stereocenters. The molecular formula is C13H21NO. The summed E-state index contributed by atoms with van der Waals surface area (Å²) in [5, 5.41) is 0. The third-order valence-corrected chi connectivity index (χ3v) is 2.32. The van der Waals surface area contributed by atoms with Gasteiger partial charge in [-0.25, -0.2) is 0 Å². The van der Waals surface area contributed by atoms with Crippen LogP contribution in [0.2, 0.25) is 0 Å². The van der Waals surface area contributed by atoms with E-state index in [1.165, 1.54) is 0 Å². The summed E-state index contributed by atoms with van der Waals surface area (Å²) in [5.74, 6) is 1.53. The molecule has 0 heterocycles. The van der Waals surface area contributed by atoms with Gasteiger partial charge in [0.2, 0.25) is 0 Å². The highest BCUT2D eigenvalue weighted by Crippen LogP contribution is 2.22. The summed E-state index contributed by atoms with van der Waals surface area (Å²) in [6, 6.07) is 8.19. The van der Waals surface area contributed by atoms with Crippen molar-refractivity contribution in [1.82, 2.24) is 0 Å². The number of benzene rings is 1. The van der Waals surface area contributed by atoms with Gasteiger partial charge in [-0.1, -0.05) is 26.0 Å². The summed E-state index contributed by atoms with van der Waals surface area (Å²) in [6.07, 6.45) is 1.01. The Labute approximate surface area is 92.4 Å². The van der Waals surface area contributed by atoms with Gasteiger partial charge in [-0.15, -0.1) is 0 Å². The number of nitrogens with two attached hydrogens (primary N) is 1. The molecule has 15 heavy (non-hydrogen) atoms. The van der Waals surface area contributed by atoms with Gasteiger partial charge in [0, 0.05) is 6.04 Å². The van der Waals surface area contributed by atoms with E-state index < -0.39 is 0 Å². The molecule has 1 aromatic carbocycles. The van der Waals surface area contributed by atoms with Crippen LogP contribution in [0.25, 0.3) is 0 Å². The molecule has 0 saturated carbocycles. The van der Waals surface area contributed by atoms with Crippen LogP contribution in [0.3, 0.4) is 0 Å². The summed E-state index contributed by atoms with van der Waals surface area (Å²) in [4.78, 5) is 0. The first kappa shape index (κ1) is 12.1. The van der Waals surface area contributed by atoms with Crippen molar-refractivity contribution in [2.75, 3.05) is 6.61 Å². The summed E-state index contributed by atoms with van der Waals surface area (Å²) in [6.45, 7) is 7.06. The van der Waals surface area contributed by atoms with Crippen LogP contribution in [0.1, 0.15) is 38.8 Å². The van der Waals surface area contributed by atoms with Crippen molar-refractivity contribution < 1.29 is 4.74 Å². The lowest BCUT2D eigenvalue weighted by Gasteiger charge is -2.15. The van der Waals surface area contributed by atoms with E-state index in [4.69, 9.17) is 10.5 Å². The van der Waals surface area contributed by atoms with E-state index in [1.54, 1.807) is 0 Å². The van der Waals surface area contributed by atoms with Gasteiger partial charge in [-0.3, -0.25) is 0 Å². The molecule has 0 aliphatic carbocycles. The zero-order valence-corrected chi connectivity index (χ0v) is 9.86. The molecule has 0 amide bonds. The van der Waals surface area contributed by atoms with E-state index in [9.17, 15) is 0 Å². The molecule has 0 unspecified atom stereocenters. The third kappa shape index (κ3) is 3.92. The molecule has 0 aliphatic heterocycles. The van der Waals surface area contributed by atoms with Crippen LogP contribution in [0.4, 0.5) is 0 Å². The molecule has 2 nitrogen and oxygen atoms in total. The largest absolute Gasteiger partial charge is 0.494 e. The van der Waals surface area contributed by atoms with Crippen LogP contribution in [0.5, 0.6) is 5.75 Å². The molecule has 1 rings (SSSR count). The van der Waals surface area contributed by atoms with Crippen LogP contribution < -0.4 is 10.5 Å². The highest BCUT2D eigenvalue weighted by Gasteiger charge is 2.08. The fourth-order valence-electron chi connectivity index (χ4n) is 1.65. The normalized spacial score (nSPS) is 12.9. The average molecular weight is 207 g/mol. The van der Waals surface area contributed by atoms with Gasteiger partial charge in [0.25, 0.3) is 0 Å². The summed E-state index contributed by atoms with van der Waals surface area (Å²) < 4.78 is 5.45. The maximum atomic E-state index is 6.11. The molecule has 0 saturated heterocycles. The van der Waals surface area contributed by atoms with Crippen molar-refractivity contribution >= 4 is 0 Å². The fraction of sp³-hybridized carbons (Fsp3) is 0.538. The molecule has 0 bridgehead atoms. The topological polar surface area (TPSA) is 35.2 Å². The molecule has 0 aliphatic rings. The van der Waals surface area contributed by atoms with Gasteiger partial charge in [0.05, 0.1) is 6.61 Å². The fourth-order valence-corrected chi connectivity index (χ4v) is 1.65. The second kappa shape index (κ2) is 5.76. The second-order valence-electron chi connectivity index (χ2n) is 4.24. The van der Waals surface area contributed by atoms with Crippen LogP contribution in [0.15, 0.2) is 24.3 Å². The lowest BCUT2D eigenvalue weighted by molar-refractivity contribution is 0.339. The zero-order valence-electron chi connectivity index (χ0n) is 9.86. The second-order valence-corrected chi connectivity index (χ2v) is 4.24. The predicted molar refractivity (Wildman–Crippen MR) is 64.0 cm³/mol. The summed E-state index contributed by atoms with van der Waals surface area (Å²) >= 11 is 0. The maximum absolute atomic E-state index is 6.11. The van der Waals surface area contributed by atoms with Gasteiger partial charge >= 0.3 is 0 Å². The first-order chi connectivity index (χ1) is 7.13.